The number of hydrogen-bond donors (Lipinski definition) is 0. The van der Waals surface area contributed by atoms with Crippen LogP contribution < -0.4 is 4.43 Å². The van der Waals surface area contributed by atoms with Gasteiger partial charge in [0.05, 0.1) is 5.41 Å². The van der Waals surface area contributed by atoms with E-state index in [0.717, 1.165) is 8.95 Å². The fraction of sp³-hybridized carbons (Fsp3) is 0.0400. The maximum atomic E-state index is 3.70. The van der Waals surface area contributed by atoms with Crippen molar-refractivity contribution in [1.82, 2.24) is 0 Å². The van der Waals surface area contributed by atoms with Crippen LogP contribution in [0.15, 0.2) is 99.9 Å². The number of rotatable bonds is 2. The third-order valence-corrected chi connectivity index (χ3v) is 7.08. The molecule has 0 saturated carbocycles. The molecule has 0 aromatic heterocycles. The summed E-state index contributed by atoms with van der Waals surface area (Å²) in [7, 11) is 0. The minimum absolute atomic E-state index is 0.355. The fourth-order valence-corrected chi connectivity index (χ4v) is 5.81. The summed E-state index contributed by atoms with van der Waals surface area (Å²) in [6.07, 6.45) is 0. The van der Waals surface area contributed by atoms with E-state index in [9.17, 15) is 0 Å². The molecule has 0 saturated heterocycles. The van der Waals surface area contributed by atoms with Gasteiger partial charge in [-0.2, -0.15) is 0 Å². The monoisotopic (exact) mass is 500 g/mol. The van der Waals surface area contributed by atoms with Gasteiger partial charge in [0.15, 0.2) is 16.3 Å². The van der Waals surface area contributed by atoms with Crippen molar-refractivity contribution in [1.29, 1.82) is 0 Å². The lowest BCUT2D eigenvalue weighted by Gasteiger charge is -2.34. The first kappa shape index (κ1) is 18.4. The van der Waals surface area contributed by atoms with Gasteiger partial charge < -0.3 is 0 Å². The molecule has 0 spiro atoms. The van der Waals surface area contributed by atoms with Crippen molar-refractivity contribution in [3.63, 3.8) is 0 Å². The second-order valence-electron chi connectivity index (χ2n) is 7.09. The van der Waals surface area contributed by atoms with Crippen LogP contribution in [0.4, 0.5) is 0 Å². The van der Waals surface area contributed by atoms with E-state index >= 15 is 0 Å². The summed E-state index contributed by atoms with van der Waals surface area (Å²) < 4.78 is 3.41. The van der Waals surface area contributed by atoms with Gasteiger partial charge in [0.1, 0.15) is 0 Å². The summed E-state index contributed by atoms with van der Waals surface area (Å²) in [4.78, 5) is 0. The van der Waals surface area contributed by atoms with Crippen LogP contribution in [-0.4, -0.2) is 16.3 Å². The van der Waals surface area contributed by atoms with Gasteiger partial charge >= 0.3 is 0 Å². The maximum Gasteiger partial charge on any atom is 0.176 e. The molecule has 0 amide bonds. The molecule has 0 aliphatic heterocycles. The second kappa shape index (κ2) is 7.01. The van der Waals surface area contributed by atoms with E-state index in [1.54, 1.807) is 0 Å². The molecule has 1 aliphatic carbocycles. The molecule has 0 nitrogen and oxygen atoms in total. The van der Waals surface area contributed by atoms with E-state index in [1.165, 1.54) is 37.8 Å². The van der Waals surface area contributed by atoms with Gasteiger partial charge in [-0.3, -0.25) is 0 Å². The van der Waals surface area contributed by atoms with E-state index in [-0.39, 0.29) is 5.41 Å². The molecule has 4 aromatic rings. The summed E-state index contributed by atoms with van der Waals surface area (Å²) in [5, 5.41) is 0. The van der Waals surface area contributed by atoms with Crippen molar-refractivity contribution < 1.29 is 0 Å². The van der Waals surface area contributed by atoms with Crippen LogP contribution >= 0.6 is 31.9 Å². The lowest BCUT2D eigenvalue weighted by Crippen LogP contribution is -2.29. The predicted octanol–water partition coefficient (Wildman–Crippen LogP) is 6.37. The van der Waals surface area contributed by atoms with Crippen LogP contribution in [0.1, 0.15) is 22.3 Å². The Bertz CT molecular complexity index is 1170. The van der Waals surface area contributed by atoms with E-state index in [0.29, 0.717) is 0 Å². The third-order valence-electron chi connectivity index (χ3n) is 5.62. The van der Waals surface area contributed by atoms with Crippen LogP contribution in [0.2, 0.25) is 0 Å². The Morgan fingerprint density at radius 2 is 1.18 bits per heavy atom. The highest BCUT2D eigenvalue weighted by Gasteiger charge is 2.46. The quantitative estimate of drug-likeness (QED) is 0.246. The Morgan fingerprint density at radius 1 is 0.607 bits per heavy atom. The first-order chi connectivity index (χ1) is 13.6. The smallest absolute Gasteiger partial charge is 0.131 e. The van der Waals surface area contributed by atoms with Gasteiger partial charge in [-0.15, -0.1) is 4.43 Å². The van der Waals surface area contributed by atoms with Crippen molar-refractivity contribution in [2.75, 3.05) is 0 Å². The van der Waals surface area contributed by atoms with Gasteiger partial charge in [0, 0.05) is 8.95 Å². The molecule has 5 rings (SSSR count). The normalized spacial score (nSPS) is 13.8. The topological polar surface area (TPSA) is 0 Å². The average Bonchev–Trinajstić information content (AvgIpc) is 3.00. The predicted molar refractivity (Wildman–Crippen MR) is 125 cm³/mol. The fourth-order valence-electron chi connectivity index (χ4n) is 4.59. The first-order valence-corrected chi connectivity index (χ1v) is 11.3. The largest absolute Gasteiger partial charge is 0.176 e. The number of hydrogen-bond acceptors (Lipinski definition) is 0. The number of fused-ring (bicyclic) bond motifs is 3. The van der Waals surface area contributed by atoms with Crippen molar-refractivity contribution in [2.24, 2.45) is 0 Å². The summed E-state index contributed by atoms with van der Waals surface area (Å²) in [6.45, 7) is 0. The Hall–Kier alpha value is -1.63. The Balaban J connectivity index is 2.00. The van der Waals surface area contributed by atoms with E-state index < -0.39 is 0 Å². The molecule has 132 valence electrons. The number of halogens is 2. The average molecular weight is 502 g/mol. The summed E-state index contributed by atoms with van der Waals surface area (Å²) in [5.41, 5.74) is 7.47. The molecule has 0 fully saturated rings. The van der Waals surface area contributed by atoms with Gasteiger partial charge in [0.25, 0.3) is 0 Å². The Morgan fingerprint density at radius 3 is 1.82 bits per heavy atom. The summed E-state index contributed by atoms with van der Waals surface area (Å²) >= 11 is 10.3. The van der Waals surface area contributed by atoms with E-state index in [2.05, 4.69) is 139 Å². The van der Waals surface area contributed by atoms with E-state index in [4.69, 9.17) is 0 Å². The molecule has 0 N–H and O–H groups in total. The molecule has 2 radical (unpaired) electrons. The minimum atomic E-state index is -0.355. The van der Waals surface area contributed by atoms with Gasteiger partial charge in [0.2, 0.25) is 0 Å². The molecule has 0 heterocycles. The summed E-state index contributed by atoms with van der Waals surface area (Å²) in [6, 6.07) is 32.9. The van der Waals surface area contributed by atoms with Crippen LogP contribution in [-0.2, 0) is 5.41 Å². The Labute approximate surface area is 190 Å². The van der Waals surface area contributed by atoms with Crippen LogP contribution in [0.5, 0.6) is 0 Å². The highest BCUT2D eigenvalue weighted by atomic mass is 79.9. The molecule has 0 bridgehead atoms. The summed E-state index contributed by atoms with van der Waals surface area (Å²) in [5.74, 6) is 0. The van der Waals surface area contributed by atoms with E-state index in [1.807, 2.05) is 0 Å². The molecule has 4 aromatic carbocycles. The molecular formula is C25H15AlBr2. The zero-order valence-corrected chi connectivity index (χ0v) is 19.3. The lowest BCUT2D eigenvalue weighted by atomic mass is 9.68. The van der Waals surface area contributed by atoms with Gasteiger partial charge in [-0.1, -0.05) is 98.6 Å². The SMILES string of the molecule is [Al][c]1cccc2c1-c1ccccc1C2(c1cccc(Br)c1)c1cccc(Br)c1. The van der Waals surface area contributed by atoms with Crippen molar-refractivity contribution in [3.8, 4) is 11.1 Å². The maximum absolute atomic E-state index is 3.70. The molecule has 0 unspecified atom stereocenters. The Kier molecular flexibility index (Phi) is 4.61. The number of benzene rings is 4. The molecule has 0 atom stereocenters. The lowest BCUT2D eigenvalue weighted by molar-refractivity contribution is 0.767. The minimum Gasteiger partial charge on any atom is -0.131 e. The highest BCUT2D eigenvalue weighted by Crippen LogP contribution is 2.55. The van der Waals surface area contributed by atoms with Crippen LogP contribution in [0.3, 0.4) is 0 Å². The van der Waals surface area contributed by atoms with Gasteiger partial charge in [-0.25, -0.2) is 0 Å². The van der Waals surface area contributed by atoms with Crippen molar-refractivity contribution >= 4 is 52.6 Å². The first-order valence-electron chi connectivity index (χ1n) is 9.13. The van der Waals surface area contributed by atoms with Crippen molar-refractivity contribution in [2.45, 2.75) is 5.41 Å². The van der Waals surface area contributed by atoms with Gasteiger partial charge in [-0.05, 0) is 57.6 Å². The second-order valence-corrected chi connectivity index (χ2v) is 9.54. The molecular weight excluding hydrogens is 487 g/mol. The zero-order chi connectivity index (χ0) is 19.3. The van der Waals surface area contributed by atoms with Crippen molar-refractivity contribution in [3.05, 3.63) is 122 Å². The molecule has 1 aliphatic rings. The van der Waals surface area contributed by atoms with Crippen LogP contribution in [0, 0.1) is 0 Å². The molecule has 28 heavy (non-hydrogen) atoms. The third kappa shape index (κ3) is 2.61. The standard InChI is InChI=1S/C25H15Br2.Al/c26-19-9-5-7-17(15-19)25(18-8-6-10-20(27)16-18)23-13-3-1-11-21(23)22-12-2-4-14-24(22)25;/h1-11,13-16H;. The molecule has 3 heteroatoms. The highest BCUT2D eigenvalue weighted by molar-refractivity contribution is 9.10. The zero-order valence-electron chi connectivity index (χ0n) is 15.0. The van der Waals surface area contributed by atoms with Crippen LogP contribution in [0.25, 0.3) is 11.1 Å².